The average Bonchev–Trinajstić information content (AvgIpc) is 2.54. The van der Waals surface area contributed by atoms with E-state index in [2.05, 4.69) is 5.32 Å². The fourth-order valence-corrected chi connectivity index (χ4v) is 2.72. The second-order valence-electron chi connectivity index (χ2n) is 5.77. The number of nitrogens with zero attached hydrogens (tertiary/aromatic N) is 2. The first kappa shape index (κ1) is 17.8. The normalized spacial score (nSPS) is 19.2. The quantitative estimate of drug-likeness (QED) is 0.736. The molecule has 1 aliphatic carbocycles. The molecule has 0 spiro atoms. The number of nitriles is 1. The summed E-state index contributed by atoms with van der Waals surface area (Å²) in [6, 6.07) is 8.84. The van der Waals surface area contributed by atoms with E-state index in [1.807, 2.05) is 17.9 Å². The SMILES string of the molecule is CCN(CC(=O)O)C1CC(NC(=O)COc2ccc(C#N)cc2)C1. The van der Waals surface area contributed by atoms with Gasteiger partial charge in [-0.25, -0.2) is 0 Å². The minimum Gasteiger partial charge on any atom is -0.484 e. The monoisotopic (exact) mass is 331 g/mol. The number of likely N-dealkylation sites (N-methyl/N-ethyl adjacent to an activating group) is 1. The Bertz CT molecular complexity index is 618. The fourth-order valence-electron chi connectivity index (χ4n) is 2.72. The molecule has 1 aliphatic rings. The van der Waals surface area contributed by atoms with Gasteiger partial charge < -0.3 is 15.2 Å². The van der Waals surface area contributed by atoms with Crippen molar-refractivity contribution < 1.29 is 19.4 Å². The van der Waals surface area contributed by atoms with Gasteiger partial charge in [0.1, 0.15) is 5.75 Å². The van der Waals surface area contributed by atoms with Crippen LogP contribution in [-0.4, -0.2) is 53.7 Å². The molecule has 24 heavy (non-hydrogen) atoms. The van der Waals surface area contributed by atoms with Crippen LogP contribution in [0.25, 0.3) is 0 Å². The average molecular weight is 331 g/mol. The lowest BCUT2D eigenvalue weighted by Crippen LogP contribution is -2.55. The predicted octanol–water partition coefficient (Wildman–Crippen LogP) is 0.991. The summed E-state index contributed by atoms with van der Waals surface area (Å²) < 4.78 is 5.38. The number of rotatable bonds is 8. The lowest BCUT2D eigenvalue weighted by molar-refractivity contribution is -0.139. The number of carbonyl (C=O) groups excluding carboxylic acids is 1. The number of nitrogens with one attached hydrogen (secondary N) is 1. The van der Waals surface area contributed by atoms with Gasteiger partial charge in [0.2, 0.25) is 0 Å². The highest BCUT2D eigenvalue weighted by Crippen LogP contribution is 2.25. The molecule has 1 aromatic rings. The number of hydrogen-bond donors (Lipinski definition) is 2. The summed E-state index contributed by atoms with van der Waals surface area (Å²) in [4.78, 5) is 24.6. The highest BCUT2D eigenvalue weighted by molar-refractivity contribution is 5.78. The highest BCUT2D eigenvalue weighted by atomic mass is 16.5. The Morgan fingerprint density at radius 1 is 1.38 bits per heavy atom. The summed E-state index contributed by atoms with van der Waals surface area (Å²) in [7, 11) is 0. The van der Waals surface area contributed by atoms with Crippen molar-refractivity contribution in [2.24, 2.45) is 0 Å². The van der Waals surface area contributed by atoms with E-state index in [9.17, 15) is 9.59 Å². The molecule has 2 rings (SSSR count). The van der Waals surface area contributed by atoms with Crippen LogP contribution in [-0.2, 0) is 9.59 Å². The van der Waals surface area contributed by atoms with Crippen LogP contribution in [0.15, 0.2) is 24.3 Å². The lowest BCUT2D eigenvalue weighted by Gasteiger charge is -2.42. The van der Waals surface area contributed by atoms with Gasteiger partial charge >= 0.3 is 5.97 Å². The first-order valence-electron chi connectivity index (χ1n) is 7.90. The number of ether oxygens (including phenoxy) is 1. The Morgan fingerprint density at radius 3 is 2.58 bits per heavy atom. The van der Waals surface area contributed by atoms with E-state index in [-0.39, 0.29) is 31.1 Å². The zero-order valence-electron chi connectivity index (χ0n) is 13.6. The molecular weight excluding hydrogens is 310 g/mol. The third kappa shape index (κ3) is 4.96. The number of amides is 1. The van der Waals surface area contributed by atoms with Gasteiger partial charge in [0.15, 0.2) is 6.61 Å². The summed E-state index contributed by atoms with van der Waals surface area (Å²) in [5.74, 6) is -0.501. The van der Waals surface area contributed by atoms with Crippen molar-refractivity contribution in [3.05, 3.63) is 29.8 Å². The van der Waals surface area contributed by atoms with Crippen LogP contribution in [0.2, 0.25) is 0 Å². The van der Waals surface area contributed by atoms with E-state index in [4.69, 9.17) is 15.1 Å². The smallest absolute Gasteiger partial charge is 0.317 e. The Kier molecular flexibility index (Phi) is 6.15. The van der Waals surface area contributed by atoms with Crippen LogP contribution in [0, 0.1) is 11.3 Å². The molecule has 0 radical (unpaired) electrons. The number of aliphatic carboxylic acids is 1. The van der Waals surface area contributed by atoms with Gasteiger partial charge in [-0.15, -0.1) is 0 Å². The van der Waals surface area contributed by atoms with Gasteiger partial charge in [-0.1, -0.05) is 6.92 Å². The minimum atomic E-state index is -0.833. The van der Waals surface area contributed by atoms with Crippen molar-refractivity contribution in [2.75, 3.05) is 19.7 Å². The summed E-state index contributed by atoms with van der Waals surface area (Å²) in [5.41, 5.74) is 0.536. The molecule has 0 heterocycles. The van der Waals surface area contributed by atoms with Crippen molar-refractivity contribution >= 4 is 11.9 Å². The van der Waals surface area contributed by atoms with Crippen LogP contribution in [0.3, 0.4) is 0 Å². The molecule has 1 fully saturated rings. The third-order valence-corrected chi connectivity index (χ3v) is 4.09. The van der Waals surface area contributed by atoms with Gasteiger partial charge in [-0.05, 0) is 43.7 Å². The molecule has 0 aromatic heterocycles. The molecule has 0 atom stereocenters. The molecule has 2 N–H and O–H groups in total. The molecule has 7 nitrogen and oxygen atoms in total. The van der Waals surface area contributed by atoms with Crippen molar-refractivity contribution in [3.8, 4) is 11.8 Å². The van der Waals surface area contributed by atoms with Crippen molar-refractivity contribution in [1.29, 1.82) is 5.26 Å². The molecule has 0 unspecified atom stereocenters. The number of carboxylic acid groups (broad SMARTS) is 1. The standard InChI is InChI=1S/C17H21N3O4/c1-2-20(10-17(22)23)14-7-13(8-14)19-16(21)11-24-15-5-3-12(9-18)4-6-15/h3-6,13-14H,2,7-8,10-11H2,1H3,(H,19,21)(H,22,23). The molecule has 1 aromatic carbocycles. The van der Waals surface area contributed by atoms with Crippen LogP contribution in [0.4, 0.5) is 0 Å². The summed E-state index contributed by atoms with van der Waals surface area (Å²) >= 11 is 0. The Hall–Kier alpha value is -2.59. The highest BCUT2D eigenvalue weighted by Gasteiger charge is 2.34. The number of benzene rings is 1. The number of carbonyl (C=O) groups is 2. The van der Waals surface area contributed by atoms with E-state index in [0.717, 1.165) is 12.8 Å². The van der Waals surface area contributed by atoms with E-state index in [0.29, 0.717) is 17.9 Å². The summed E-state index contributed by atoms with van der Waals surface area (Å²) in [6.07, 6.45) is 1.51. The van der Waals surface area contributed by atoms with E-state index in [1.165, 1.54) is 0 Å². The maximum absolute atomic E-state index is 11.9. The number of hydrogen-bond acceptors (Lipinski definition) is 5. The maximum atomic E-state index is 11.9. The maximum Gasteiger partial charge on any atom is 0.317 e. The topological polar surface area (TPSA) is 103 Å². The lowest BCUT2D eigenvalue weighted by atomic mass is 9.85. The zero-order valence-corrected chi connectivity index (χ0v) is 13.6. The first-order valence-corrected chi connectivity index (χ1v) is 7.90. The fraction of sp³-hybridized carbons (Fsp3) is 0.471. The Labute approximate surface area is 140 Å². The molecule has 128 valence electrons. The molecule has 7 heteroatoms. The molecule has 0 saturated heterocycles. The van der Waals surface area contributed by atoms with Crippen LogP contribution in [0.1, 0.15) is 25.3 Å². The minimum absolute atomic E-state index is 0.0314. The van der Waals surface area contributed by atoms with E-state index < -0.39 is 5.97 Å². The second-order valence-corrected chi connectivity index (χ2v) is 5.77. The first-order chi connectivity index (χ1) is 11.5. The summed E-state index contributed by atoms with van der Waals surface area (Å²) in [5, 5.41) is 20.5. The Balaban J connectivity index is 1.68. The van der Waals surface area contributed by atoms with E-state index >= 15 is 0 Å². The van der Waals surface area contributed by atoms with Gasteiger partial charge in [0.05, 0.1) is 18.2 Å². The molecule has 0 bridgehead atoms. The van der Waals surface area contributed by atoms with Crippen molar-refractivity contribution in [2.45, 2.75) is 31.8 Å². The van der Waals surface area contributed by atoms with Gasteiger partial charge in [-0.3, -0.25) is 14.5 Å². The van der Waals surface area contributed by atoms with Crippen molar-refractivity contribution in [3.63, 3.8) is 0 Å². The Morgan fingerprint density at radius 2 is 2.04 bits per heavy atom. The van der Waals surface area contributed by atoms with E-state index in [1.54, 1.807) is 24.3 Å². The third-order valence-electron chi connectivity index (χ3n) is 4.09. The van der Waals surface area contributed by atoms with Crippen LogP contribution >= 0.6 is 0 Å². The number of carboxylic acids is 1. The van der Waals surface area contributed by atoms with Gasteiger partial charge in [-0.2, -0.15) is 5.26 Å². The second kappa shape index (κ2) is 8.31. The molecule has 0 aliphatic heterocycles. The van der Waals surface area contributed by atoms with Crippen LogP contribution in [0.5, 0.6) is 5.75 Å². The van der Waals surface area contributed by atoms with Gasteiger partial charge in [0.25, 0.3) is 5.91 Å². The van der Waals surface area contributed by atoms with Gasteiger partial charge in [0, 0.05) is 12.1 Å². The molecule has 1 amide bonds. The molecule has 1 saturated carbocycles. The molecular formula is C17H21N3O4. The summed E-state index contributed by atoms with van der Waals surface area (Å²) in [6.45, 7) is 2.56. The zero-order chi connectivity index (χ0) is 17.5. The van der Waals surface area contributed by atoms with Crippen LogP contribution < -0.4 is 10.1 Å². The largest absolute Gasteiger partial charge is 0.484 e. The van der Waals surface area contributed by atoms with Crippen molar-refractivity contribution in [1.82, 2.24) is 10.2 Å². The predicted molar refractivity (Wildman–Crippen MR) is 86.5 cm³/mol.